The van der Waals surface area contributed by atoms with Crippen molar-refractivity contribution in [1.82, 2.24) is 20.1 Å². The van der Waals surface area contributed by atoms with Crippen LogP contribution in [-0.2, 0) is 4.79 Å². The van der Waals surface area contributed by atoms with E-state index < -0.39 is 5.95 Å². The summed E-state index contributed by atoms with van der Waals surface area (Å²) in [5.74, 6) is 0.172. The number of pyridine rings is 1. The van der Waals surface area contributed by atoms with Crippen LogP contribution in [0.1, 0.15) is 62.1 Å². The number of nitrogens with one attached hydrogen (secondary N) is 1. The van der Waals surface area contributed by atoms with E-state index in [0.29, 0.717) is 36.4 Å². The van der Waals surface area contributed by atoms with Gasteiger partial charge in [0.15, 0.2) is 0 Å². The van der Waals surface area contributed by atoms with Gasteiger partial charge in [-0.1, -0.05) is 56.2 Å². The molecule has 4 aromatic rings. The first-order valence-corrected chi connectivity index (χ1v) is 13.9. The fraction of sp³-hybridized carbons (Fsp3) is 0.344. The molecular weight excluding hydrogens is 507 g/mol. The van der Waals surface area contributed by atoms with Crippen molar-refractivity contribution in [2.24, 2.45) is 0 Å². The summed E-state index contributed by atoms with van der Waals surface area (Å²) < 4.78 is 20.3. The minimum Gasteiger partial charge on any atom is -0.478 e. The molecule has 0 bridgehead atoms. The zero-order chi connectivity index (χ0) is 28.3. The number of halogens is 1. The Kier molecular flexibility index (Phi) is 10.4. The second-order valence-corrected chi connectivity index (χ2v) is 9.78. The summed E-state index contributed by atoms with van der Waals surface area (Å²) in [6, 6.07) is 19.7. The van der Waals surface area contributed by atoms with Gasteiger partial charge in [-0.3, -0.25) is 9.89 Å². The molecule has 0 saturated carbocycles. The molecule has 2 aromatic carbocycles. The molecule has 0 atom stereocenters. The average Bonchev–Trinajstić information content (AvgIpc) is 3.36. The second-order valence-electron chi connectivity index (χ2n) is 9.78. The number of ether oxygens (including phenoxy) is 1. The number of hydrogen-bond acceptors (Lipinski definition) is 5. The van der Waals surface area contributed by atoms with Crippen LogP contribution in [0.3, 0.4) is 0 Å². The molecule has 0 spiro atoms. The molecule has 8 heteroatoms. The van der Waals surface area contributed by atoms with Gasteiger partial charge in [0.25, 0.3) is 0 Å². The van der Waals surface area contributed by atoms with E-state index in [1.54, 1.807) is 11.9 Å². The number of nitrogens with zero attached hydrogens (tertiary/aromatic N) is 3. The fourth-order valence-electron chi connectivity index (χ4n) is 4.80. The van der Waals surface area contributed by atoms with Crippen LogP contribution in [-0.4, -0.2) is 57.9 Å². The number of benzene rings is 2. The third kappa shape index (κ3) is 7.33. The molecule has 0 radical (unpaired) electrons. The molecule has 0 aliphatic rings. The largest absolute Gasteiger partial charge is 0.478 e. The summed E-state index contributed by atoms with van der Waals surface area (Å²) in [6.07, 6.45) is 6.71. The Morgan fingerprint density at radius 2 is 1.77 bits per heavy atom. The van der Waals surface area contributed by atoms with Gasteiger partial charge in [-0.05, 0) is 59.7 Å². The lowest BCUT2D eigenvalue weighted by atomic mass is 9.88. The summed E-state index contributed by atoms with van der Waals surface area (Å²) in [5.41, 5.74) is 5.64. The Labute approximate surface area is 234 Å². The van der Waals surface area contributed by atoms with Gasteiger partial charge in [0.2, 0.25) is 17.7 Å². The number of allylic oxidation sites excluding steroid dienone is 1. The second kappa shape index (κ2) is 14.4. The average molecular weight is 545 g/mol. The third-order valence-electron chi connectivity index (χ3n) is 6.99. The smallest absolute Gasteiger partial charge is 0.222 e. The highest BCUT2D eigenvalue weighted by molar-refractivity contribution is 6.00. The zero-order valence-electron chi connectivity index (χ0n) is 23.2. The number of unbranched alkanes of at least 4 members (excludes halogenated alkanes) is 3. The van der Waals surface area contributed by atoms with Crippen LogP contribution < -0.4 is 4.74 Å². The van der Waals surface area contributed by atoms with Gasteiger partial charge in [-0.2, -0.15) is 9.49 Å². The summed E-state index contributed by atoms with van der Waals surface area (Å²) in [4.78, 5) is 18.1. The number of H-pyrrole nitrogens is 1. The van der Waals surface area contributed by atoms with Crippen LogP contribution in [0.25, 0.3) is 22.0 Å². The van der Waals surface area contributed by atoms with Crippen molar-refractivity contribution in [2.45, 2.75) is 45.4 Å². The van der Waals surface area contributed by atoms with Crippen molar-refractivity contribution in [2.75, 3.05) is 26.8 Å². The molecule has 1 amide bonds. The van der Waals surface area contributed by atoms with Crippen molar-refractivity contribution in [3.8, 4) is 5.88 Å². The highest BCUT2D eigenvalue weighted by Gasteiger charge is 2.16. The van der Waals surface area contributed by atoms with Crippen molar-refractivity contribution in [3.05, 3.63) is 89.5 Å². The van der Waals surface area contributed by atoms with Crippen LogP contribution in [0.5, 0.6) is 5.88 Å². The maximum atomic E-state index is 14.4. The molecule has 0 fully saturated rings. The highest BCUT2D eigenvalue weighted by Crippen LogP contribution is 2.35. The van der Waals surface area contributed by atoms with Crippen molar-refractivity contribution >= 4 is 28.0 Å². The van der Waals surface area contributed by atoms with E-state index in [4.69, 9.17) is 9.84 Å². The minimum absolute atomic E-state index is 0.0139. The number of carbonyl (C=O) groups is 1. The monoisotopic (exact) mass is 544 g/mol. The number of fused-ring (bicyclic) bond motifs is 1. The molecule has 0 unspecified atom stereocenters. The molecule has 7 nitrogen and oxygen atoms in total. The lowest BCUT2D eigenvalue weighted by molar-refractivity contribution is -0.130. The van der Waals surface area contributed by atoms with E-state index in [2.05, 4.69) is 34.2 Å². The number of aliphatic hydroxyl groups excluding tert-OH is 1. The predicted octanol–water partition coefficient (Wildman–Crippen LogP) is 6.25. The van der Waals surface area contributed by atoms with Crippen LogP contribution in [0.4, 0.5) is 4.39 Å². The SMILES string of the molecule is CC/C(=C(/c1ccc(OCCCCCCC(=O)N(C)CCO)nc1)c1ccc2n[nH]c(F)c2c1)c1ccccc1. The summed E-state index contributed by atoms with van der Waals surface area (Å²) in [7, 11) is 1.71. The number of likely N-dealkylation sites (N-methyl/N-ethyl adjacent to an activating group) is 1. The Hall–Kier alpha value is -4.04. The molecule has 2 aromatic heterocycles. The zero-order valence-corrected chi connectivity index (χ0v) is 23.2. The topological polar surface area (TPSA) is 91.3 Å². The molecule has 0 aliphatic heterocycles. The van der Waals surface area contributed by atoms with Gasteiger partial charge in [0.05, 0.1) is 24.1 Å². The molecule has 2 heterocycles. The number of hydrogen-bond donors (Lipinski definition) is 2. The molecule has 40 heavy (non-hydrogen) atoms. The first-order valence-electron chi connectivity index (χ1n) is 13.9. The summed E-state index contributed by atoms with van der Waals surface area (Å²) in [6.45, 7) is 3.03. The van der Waals surface area contributed by atoms with E-state index in [0.717, 1.165) is 59.9 Å². The van der Waals surface area contributed by atoms with Crippen LogP contribution >= 0.6 is 0 Å². The van der Waals surface area contributed by atoms with Crippen LogP contribution in [0, 0.1) is 5.95 Å². The third-order valence-corrected chi connectivity index (χ3v) is 6.99. The predicted molar refractivity (Wildman–Crippen MR) is 156 cm³/mol. The lowest BCUT2D eigenvalue weighted by Gasteiger charge is -2.16. The number of rotatable bonds is 14. The van der Waals surface area contributed by atoms with Gasteiger partial charge in [-0.15, -0.1) is 0 Å². The molecule has 4 rings (SSSR count). The van der Waals surface area contributed by atoms with E-state index in [1.165, 1.54) is 0 Å². The number of amides is 1. The van der Waals surface area contributed by atoms with E-state index in [-0.39, 0.29) is 12.5 Å². The maximum absolute atomic E-state index is 14.4. The first kappa shape index (κ1) is 29.0. The van der Waals surface area contributed by atoms with Crippen molar-refractivity contribution in [1.29, 1.82) is 0 Å². The normalized spacial score (nSPS) is 11.9. The minimum atomic E-state index is -0.448. The van der Waals surface area contributed by atoms with Gasteiger partial charge >= 0.3 is 0 Å². The number of carbonyl (C=O) groups excluding carboxylic acids is 1. The highest BCUT2D eigenvalue weighted by atomic mass is 19.1. The van der Waals surface area contributed by atoms with Gasteiger partial charge in [0.1, 0.15) is 0 Å². The summed E-state index contributed by atoms with van der Waals surface area (Å²) in [5, 5.41) is 15.8. The van der Waals surface area contributed by atoms with Gasteiger partial charge < -0.3 is 14.7 Å². The quantitative estimate of drug-likeness (QED) is 0.145. The molecular formula is C32H37FN4O3. The van der Waals surface area contributed by atoms with E-state index in [9.17, 15) is 9.18 Å². The Balaban J connectivity index is 1.43. The molecule has 210 valence electrons. The summed E-state index contributed by atoms with van der Waals surface area (Å²) >= 11 is 0. The number of aliphatic hydroxyl groups is 1. The lowest BCUT2D eigenvalue weighted by Crippen LogP contribution is -2.29. The van der Waals surface area contributed by atoms with Crippen LogP contribution in [0.15, 0.2) is 66.9 Å². The molecule has 0 saturated heterocycles. The van der Waals surface area contributed by atoms with Crippen molar-refractivity contribution < 1.29 is 19.0 Å². The molecule has 2 N–H and O–H groups in total. The van der Waals surface area contributed by atoms with E-state index >= 15 is 0 Å². The fourth-order valence-corrected chi connectivity index (χ4v) is 4.80. The number of aromatic amines is 1. The Morgan fingerprint density at radius 1 is 1.00 bits per heavy atom. The first-order chi connectivity index (χ1) is 19.5. The Morgan fingerprint density at radius 3 is 2.50 bits per heavy atom. The van der Waals surface area contributed by atoms with Gasteiger partial charge in [-0.25, -0.2) is 4.98 Å². The van der Waals surface area contributed by atoms with Gasteiger partial charge in [0, 0.05) is 37.8 Å². The Bertz CT molecular complexity index is 1420. The maximum Gasteiger partial charge on any atom is 0.222 e. The van der Waals surface area contributed by atoms with E-state index in [1.807, 2.05) is 54.7 Å². The standard InChI is InChI=1S/C32H37FN4O3/c1-3-26(23-11-7-6-8-12-23)31(24-14-16-28-27(21-24)32(33)36-35-28)25-15-17-29(34-22-25)40-20-10-5-4-9-13-30(39)37(2)18-19-38/h6-8,11-12,14-17,21-22,38H,3-5,9-10,13,18-20H2,1-2H3,(H,35,36)/b31-26-. The van der Waals surface area contributed by atoms with Crippen molar-refractivity contribution in [3.63, 3.8) is 0 Å². The molecule has 0 aliphatic carbocycles. The number of aromatic nitrogens is 3. The van der Waals surface area contributed by atoms with Crippen LogP contribution in [0.2, 0.25) is 0 Å².